The van der Waals surface area contributed by atoms with Gasteiger partial charge in [0.05, 0.1) is 19.3 Å². The smallest absolute Gasteiger partial charge is 0.0607 e. The van der Waals surface area contributed by atoms with Crippen LogP contribution in [0, 0.1) is 5.41 Å². The maximum atomic E-state index is 9.32. The van der Waals surface area contributed by atoms with Gasteiger partial charge >= 0.3 is 0 Å². The molecule has 0 amide bonds. The summed E-state index contributed by atoms with van der Waals surface area (Å²) in [5.41, 5.74) is 3.37. The fraction of sp³-hybridized carbons (Fsp3) is 1.00. The highest BCUT2D eigenvalue weighted by Gasteiger charge is 2.45. The molecule has 4 heteroatoms. The van der Waals surface area contributed by atoms with Crippen LogP contribution in [0.25, 0.3) is 0 Å². The lowest BCUT2D eigenvalue weighted by molar-refractivity contribution is -0.0800. The molecule has 1 heterocycles. The SMILES string of the molecule is CNN1CCOCC2(CC(O)C2)C1. The maximum absolute atomic E-state index is 9.32. The van der Waals surface area contributed by atoms with E-state index in [2.05, 4.69) is 10.4 Å². The summed E-state index contributed by atoms with van der Waals surface area (Å²) >= 11 is 0. The third-order valence-electron chi connectivity index (χ3n) is 3.09. The molecule has 13 heavy (non-hydrogen) atoms. The molecule has 1 spiro atoms. The van der Waals surface area contributed by atoms with E-state index in [9.17, 15) is 5.11 Å². The second-order valence-electron chi connectivity index (χ2n) is 4.26. The average Bonchev–Trinajstić information content (AvgIpc) is 2.26. The summed E-state index contributed by atoms with van der Waals surface area (Å²) in [6, 6.07) is 0. The van der Waals surface area contributed by atoms with Gasteiger partial charge in [-0.3, -0.25) is 5.43 Å². The Morgan fingerprint density at radius 2 is 2.31 bits per heavy atom. The van der Waals surface area contributed by atoms with Crippen LogP contribution in [-0.4, -0.2) is 49.6 Å². The van der Waals surface area contributed by atoms with E-state index in [1.807, 2.05) is 7.05 Å². The third-order valence-corrected chi connectivity index (χ3v) is 3.09. The molecule has 2 aliphatic rings. The fourth-order valence-electron chi connectivity index (χ4n) is 2.37. The van der Waals surface area contributed by atoms with Gasteiger partial charge < -0.3 is 9.84 Å². The first-order valence-corrected chi connectivity index (χ1v) is 4.92. The number of nitrogens with one attached hydrogen (secondary N) is 1. The fourth-order valence-corrected chi connectivity index (χ4v) is 2.37. The van der Waals surface area contributed by atoms with Crippen LogP contribution >= 0.6 is 0 Å². The Kier molecular flexibility index (Phi) is 2.55. The van der Waals surface area contributed by atoms with Crippen LogP contribution in [0.1, 0.15) is 12.8 Å². The lowest BCUT2D eigenvalue weighted by atomic mass is 9.67. The molecule has 2 N–H and O–H groups in total. The van der Waals surface area contributed by atoms with Crippen molar-refractivity contribution in [2.45, 2.75) is 18.9 Å². The monoisotopic (exact) mass is 186 g/mol. The molecule has 0 atom stereocenters. The average molecular weight is 186 g/mol. The minimum absolute atomic E-state index is 0.0968. The highest BCUT2D eigenvalue weighted by Crippen LogP contribution is 2.42. The lowest BCUT2D eigenvalue weighted by Gasteiger charge is -2.45. The van der Waals surface area contributed by atoms with Crippen molar-refractivity contribution in [3.63, 3.8) is 0 Å². The van der Waals surface area contributed by atoms with E-state index in [0.29, 0.717) is 0 Å². The van der Waals surface area contributed by atoms with Gasteiger partial charge in [-0.25, -0.2) is 5.01 Å². The zero-order chi connectivity index (χ0) is 9.31. The van der Waals surface area contributed by atoms with Gasteiger partial charge in [0.2, 0.25) is 0 Å². The predicted octanol–water partition coefficient (Wildman–Crippen LogP) is -0.406. The summed E-state index contributed by atoms with van der Waals surface area (Å²) in [4.78, 5) is 0. The van der Waals surface area contributed by atoms with E-state index in [-0.39, 0.29) is 11.5 Å². The molecule has 4 nitrogen and oxygen atoms in total. The molecule has 1 saturated heterocycles. The summed E-state index contributed by atoms with van der Waals surface area (Å²) in [6.45, 7) is 3.54. The van der Waals surface area contributed by atoms with Crippen molar-refractivity contribution < 1.29 is 9.84 Å². The number of rotatable bonds is 1. The summed E-state index contributed by atoms with van der Waals surface area (Å²) < 4.78 is 5.54. The second kappa shape index (κ2) is 3.53. The highest BCUT2D eigenvalue weighted by molar-refractivity contribution is 4.96. The molecule has 1 aliphatic carbocycles. The number of hydrazine groups is 1. The first kappa shape index (κ1) is 9.40. The summed E-state index contributed by atoms with van der Waals surface area (Å²) in [6.07, 6.45) is 1.69. The van der Waals surface area contributed by atoms with Gasteiger partial charge in [-0.2, -0.15) is 0 Å². The molecule has 0 radical (unpaired) electrons. The van der Waals surface area contributed by atoms with Crippen molar-refractivity contribution in [2.75, 3.05) is 33.4 Å². The number of hydrogen-bond acceptors (Lipinski definition) is 4. The molecule has 0 aromatic heterocycles. The summed E-state index contributed by atoms with van der Waals surface area (Å²) in [5, 5.41) is 11.5. The van der Waals surface area contributed by atoms with Gasteiger partial charge in [-0.1, -0.05) is 0 Å². The van der Waals surface area contributed by atoms with Crippen LogP contribution in [0.4, 0.5) is 0 Å². The van der Waals surface area contributed by atoms with Gasteiger partial charge in [0.15, 0.2) is 0 Å². The first-order valence-electron chi connectivity index (χ1n) is 4.92. The predicted molar refractivity (Wildman–Crippen MR) is 49.1 cm³/mol. The minimum atomic E-state index is -0.0968. The van der Waals surface area contributed by atoms with Gasteiger partial charge in [0, 0.05) is 18.5 Å². The molecule has 0 unspecified atom stereocenters. The van der Waals surface area contributed by atoms with Crippen LogP contribution in [0.3, 0.4) is 0 Å². The van der Waals surface area contributed by atoms with E-state index in [1.54, 1.807) is 0 Å². The zero-order valence-corrected chi connectivity index (χ0v) is 8.12. The Bertz CT molecular complexity index is 180. The van der Waals surface area contributed by atoms with Crippen LogP contribution < -0.4 is 5.43 Å². The van der Waals surface area contributed by atoms with E-state index < -0.39 is 0 Å². The third kappa shape index (κ3) is 1.86. The Morgan fingerprint density at radius 1 is 1.54 bits per heavy atom. The van der Waals surface area contributed by atoms with Crippen LogP contribution in [0.15, 0.2) is 0 Å². The zero-order valence-electron chi connectivity index (χ0n) is 8.12. The molecule has 2 rings (SSSR count). The van der Waals surface area contributed by atoms with E-state index >= 15 is 0 Å². The van der Waals surface area contributed by atoms with E-state index in [0.717, 1.165) is 39.1 Å². The molecule has 76 valence electrons. The lowest BCUT2D eigenvalue weighted by Crippen LogP contribution is -2.52. The molecule has 0 bridgehead atoms. The summed E-state index contributed by atoms with van der Waals surface area (Å²) in [7, 11) is 1.94. The standard InChI is InChI=1S/C9H18N2O2/c1-10-11-2-3-13-7-9(6-11)4-8(12)5-9/h8,10,12H,2-7H2,1H3. The van der Waals surface area contributed by atoms with Gasteiger partial charge in [0.25, 0.3) is 0 Å². The molecule has 0 aromatic rings. The number of aliphatic hydroxyl groups is 1. The number of nitrogens with zero attached hydrogens (tertiary/aromatic N) is 1. The van der Waals surface area contributed by atoms with Gasteiger partial charge in [-0.15, -0.1) is 0 Å². The number of hydrogen-bond donors (Lipinski definition) is 2. The van der Waals surface area contributed by atoms with Crippen molar-refractivity contribution >= 4 is 0 Å². The number of ether oxygens (including phenoxy) is 1. The second-order valence-corrected chi connectivity index (χ2v) is 4.26. The molecular formula is C9H18N2O2. The van der Waals surface area contributed by atoms with Crippen molar-refractivity contribution in [2.24, 2.45) is 5.41 Å². The highest BCUT2D eigenvalue weighted by atomic mass is 16.5. The Hall–Kier alpha value is -0.160. The van der Waals surface area contributed by atoms with Crippen molar-refractivity contribution in [3.05, 3.63) is 0 Å². The largest absolute Gasteiger partial charge is 0.393 e. The van der Waals surface area contributed by atoms with Crippen LogP contribution in [0.5, 0.6) is 0 Å². The first-order chi connectivity index (χ1) is 6.24. The normalized spacial score (nSPS) is 41.5. The van der Waals surface area contributed by atoms with E-state index in [1.165, 1.54) is 0 Å². The molecule has 2 fully saturated rings. The van der Waals surface area contributed by atoms with Gasteiger partial charge in [-0.05, 0) is 19.9 Å². The molecule has 1 saturated carbocycles. The van der Waals surface area contributed by atoms with Crippen molar-refractivity contribution in [1.82, 2.24) is 10.4 Å². The van der Waals surface area contributed by atoms with E-state index in [4.69, 9.17) is 4.74 Å². The molecule has 0 aromatic carbocycles. The Labute approximate surface area is 78.8 Å². The summed E-state index contributed by atoms with van der Waals surface area (Å²) in [5.74, 6) is 0. The maximum Gasteiger partial charge on any atom is 0.0607 e. The topological polar surface area (TPSA) is 44.7 Å². The van der Waals surface area contributed by atoms with Crippen LogP contribution in [0.2, 0.25) is 0 Å². The Balaban J connectivity index is 1.95. The van der Waals surface area contributed by atoms with Crippen molar-refractivity contribution in [3.8, 4) is 0 Å². The van der Waals surface area contributed by atoms with Crippen molar-refractivity contribution in [1.29, 1.82) is 0 Å². The van der Waals surface area contributed by atoms with Crippen LogP contribution in [-0.2, 0) is 4.74 Å². The molecule has 1 aliphatic heterocycles. The minimum Gasteiger partial charge on any atom is -0.393 e. The number of aliphatic hydroxyl groups excluding tert-OH is 1. The van der Waals surface area contributed by atoms with Gasteiger partial charge in [0.1, 0.15) is 0 Å². The molecular weight excluding hydrogens is 168 g/mol. The Morgan fingerprint density at radius 3 is 2.92 bits per heavy atom. The quantitative estimate of drug-likeness (QED) is 0.584.